The lowest BCUT2D eigenvalue weighted by molar-refractivity contribution is 0.174. The first-order valence-corrected chi connectivity index (χ1v) is 6.06. The van der Waals surface area contributed by atoms with Gasteiger partial charge in [-0.25, -0.2) is 4.98 Å². The molecule has 1 heterocycles. The maximum Gasteiger partial charge on any atom is 0.208 e. The molecule has 0 aliphatic rings. The van der Waals surface area contributed by atoms with Gasteiger partial charge in [-0.15, -0.1) is 0 Å². The van der Waals surface area contributed by atoms with E-state index in [4.69, 9.17) is 9.15 Å². The van der Waals surface area contributed by atoms with Gasteiger partial charge in [0, 0.05) is 25.7 Å². The van der Waals surface area contributed by atoms with Gasteiger partial charge in [-0.1, -0.05) is 20.8 Å². The van der Waals surface area contributed by atoms with Crippen molar-refractivity contribution in [3.05, 3.63) is 17.8 Å². The Labute approximate surface area is 104 Å². The lowest BCUT2D eigenvalue weighted by atomic mass is 9.94. The second-order valence-electron chi connectivity index (χ2n) is 5.45. The maximum atomic E-state index is 5.74. The van der Waals surface area contributed by atoms with E-state index in [0.717, 1.165) is 37.8 Å². The molecule has 0 bridgehead atoms. The summed E-state index contributed by atoms with van der Waals surface area (Å²) in [5.41, 5.74) is 0.0277. The predicted molar refractivity (Wildman–Crippen MR) is 68.0 cm³/mol. The number of oxazole rings is 1. The van der Waals surface area contributed by atoms with Crippen LogP contribution in [0.3, 0.4) is 0 Å². The van der Waals surface area contributed by atoms with E-state index in [1.807, 2.05) is 6.20 Å². The van der Waals surface area contributed by atoms with Crippen LogP contribution in [-0.2, 0) is 16.7 Å². The van der Waals surface area contributed by atoms with Gasteiger partial charge in [0.15, 0.2) is 0 Å². The molecule has 0 saturated carbocycles. The topological polar surface area (TPSA) is 38.5 Å². The van der Waals surface area contributed by atoms with E-state index in [0.29, 0.717) is 0 Å². The molecule has 0 radical (unpaired) electrons. The second-order valence-corrected chi connectivity index (χ2v) is 5.45. The highest BCUT2D eigenvalue weighted by atomic mass is 16.5. The van der Waals surface area contributed by atoms with Crippen LogP contribution in [0.5, 0.6) is 0 Å². The zero-order chi connectivity index (χ0) is 12.9. The Morgan fingerprint density at radius 3 is 2.65 bits per heavy atom. The molecule has 17 heavy (non-hydrogen) atoms. The summed E-state index contributed by atoms with van der Waals surface area (Å²) < 4.78 is 10.8. The summed E-state index contributed by atoms with van der Waals surface area (Å²) in [6.07, 6.45) is 2.86. The summed E-state index contributed by atoms with van der Waals surface area (Å²) in [5.74, 6) is 1.73. The van der Waals surface area contributed by atoms with Crippen molar-refractivity contribution in [2.75, 3.05) is 27.3 Å². The number of hydrogen-bond acceptors (Lipinski definition) is 4. The third kappa shape index (κ3) is 4.88. The minimum Gasteiger partial charge on any atom is -0.444 e. The third-order valence-corrected chi connectivity index (χ3v) is 2.59. The summed E-state index contributed by atoms with van der Waals surface area (Å²) in [7, 11) is 3.79. The zero-order valence-corrected chi connectivity index (χ0v) is 11.6. The minimum absolute atomic E-state index is 0.0277. The van der Waals surface area contributed by atoms with Crippen LogP contribution in [0.1, 0.15) is 38.8 Å². The number of rotatable bonds is 6. The molecule has 4 nitrogen and oxygen atoms in total. The molecule has 0 fully saturated rings. The Hall–Kier alpha value is -0.870. The number of nitrogens with zero attached hydrogens (tertiary/aromatic N) is 2. The highest BCUT2D eigenvalue weighted by Gasteiger charge is 2.19. The van der Waals surface area contributed by atoms with Gasteiger partial charge in [-0.05, 0) is 13.5 Å². The molecule has 0 amide bonds. The first-order valence-electron chi connectivity index (χ1n) is 6.06. The number of methoxy groups -OCH3 is 1. The molecule has 1 aromatic rings. The lowest BCUT2D eigenvalue weighted by Gasteiger charge is -2.15. The van der Waals surface area contributed by atoms with Crippen LogP contribution in [0, 0.1) is 0 Å². The number of hydrogen-bond donors (Lipinski definition) is 0. The first kappa shape index (κ1) is 14.2. The highest BCUT2D eigenvalue weighted by molar-refractivity contribution is 5.05. The van der Waals surface area contributed by atoms with Crippen LogP contribution in [0.15, 0.2) is 10.6 Å². The SMILES string of the molecule is COCCCN(C)Cc1ncc(C(C)(C)C)o1. The second kappa shape index (κ2) is 6.17. The van der Waals surface area contributed by atoms with Crippen molar-refractivity contribution < 1.29 is 9.15 Å². The van der Waals surface area contributed by atoms with Gasteiger partial charge < -0.3 is 9.15 Å². The molecule has 0 atom stereocenters. The normalized spacial score (nSPS) is 12.4. The molecule has 0 N–H and O–H groups in total. The Bertz CT molecular complexity index is 328. The first-order chi connectivity index (χ1) is 7.93. The van der Waals surface area contributed by atoms with E-state index in [1.165, 1.54) is 0 Å². The molecule has 0 aliphatic carbocycles. The van der Waals surface area contributed by atoms with Crippen molar-refractivity contribution >= 4 is 0 Å². The third-order valence-electron chi connectivity index (χ3n) is 2.59. The Balaban J connectivity index is 2.43. The van der Waals surface area contributed by atoms with E-state index in [1.54, 1.807) is 7.11 Å². The van der Waals surface area contributed by atoms with Gasteiger partial charge in [0.2, 0.25) is 5.89 Å². The number of aromatic nitrogens is 1. The Morgan fingerprint density at radius 2 is 2.12 bits per heavy atom. The van der Waals surface area contributed by atoms with E-state index < -0.39 is 0 Å². The van der Waals surface area contributed by atoms with Gasteiger partial charge in [0.25, 0.3) is 0 Å². The fourth-order valence-corrected chi connectivity index (χ4v) is 1.52. The predicted octanol–water partition coefficient (Wildman–Crippen LogP) is 2.44. The van der Waals surface area contributed by atoms with Crippen molar-refractivity contribution in [2.45, 2.75) is 39.2 Å². The average Bonchev–Trinajstić information content (AvgIpc) is 2.66. The largest absolute Gasteiger partial charge is 0.444 e. The summed E-state index contributed by atoms with van der Waals surface area (Å²) in [6.45, 7) is 8.91. The van der Waals surface area contributed by atoms with Gasteiger partial charge in [-0.3, -0.25) is 4.90 Å². The van der Waals surface area contributed by atoms with Crippen molar-refractivity contribution in [1.29, 1.82) is 0 Å². The molecule has 1 aromatic heterocycles. The molecule has 0 saturated heterocycles. The molecule has 1 rings (SSSR count). The molecule has 0 spiro atoms. The average molecular weight is 240 g/mol. The van der Waals surface area contributed by atoms with Gasteiger partial charge in [0.1, 0.15) is 5.76 Å². The fourth-order valence-electron chi connectivity index (χ4n) is 1.52. The van der Waals surface area contributed by atoms with Gasteiger partial charge in [0.05, 0.1) is 12.7 Å². The van der Waals surface area contributed by atoms with Crippen molar-refractivity contribution in [2.24, 2.45) is 0 Å². The number of ether oxygens (including phenoxy) is 1. The summed E-state index contributed by atoms with van der Waals surface area (Å²) in [5, 5.41) is 0. The molecule has 4 heteroatoms. The van der Waals surface area contributed by atoms with Crippen LogP contribution < -0.4 is 0 Å². The van der Waals surface area contributed by atoms with Crippen LogP contribution in [0.2, 0.25) is 0 Å². The molecular weight excluding hydrogens is 216 g/mol. The zero-order valence-electron chi connectivity index (χ0n) is 11.6. The van der Waals surface area contributed by atoms with E-state index in [2.05, 4.69) is 37.7 Å². The van der Waals surface area contributed by atoms with Crippen molar-refractivity contribution in [3.8, 4) is 0 Å². The van der Waals surface area contributed by atoms with E-state index >= 15 is 0 Å². The molecule has 98 valence electrons. The Kier molecular flexibility index (Phi) is 5.15. The van der Waals surface area contributed by atoms with Crippen molar-refractivity contribution in [1.82, 2.24) is 9.88 Å². The molecular formula is C13H24N2O2. The monoisotopic (exact) mass is 240 g/mol. The smallest absolute Gasteiger partial charge is 0.208 e. The Morgan fingerprint density at radius 1 is 1.41 bits per heavy atom. The summed E-state index contributed by atoms with van der Waals surface area (Å²) in [6, 6.07) is 0. The molecule has 0 unspecified atom stereocenters. The fraction of sp³-hybridized carbons (Fsp3) is 0.769. The van der Waals surface area contributed by atoms with Crippen LogP contribution in [0.4, 0.5) is 0 Å². The van der Waals surface area contributed by atoms with Gasteiger partial charge >= 0.3 is 0 Å². The standard InChI is InChI=1S/C13H24N2O2/c1-13(2,3)11-9-14-12(17-11)10-15(4)7-6-8-16-5/h9H,6-8,10H2,1-5H3. The van der Waals surface area contributed by atoms with E-state index in [-0.39, 0.29) is 5.41 Å². The highest BCUT2D eigenvalue weighted by Crippen LogP contribution is 2.22. The molecule has 0 aromatic carbocycles. The summed E-state index contributed by atoms with van der Waals surface area (Å²) >= 11 is 0. The molecule has 0 aliphatic heterocycles. The summed E-state index contributed by atoms with van der Waals surface area (Å²) in [4.78, 5) is 6.50. The lowest BCUT2D eigenvalue weighted by Crippen LogP contribution is -2.20. The van der Waals surface area contributed by atoms with E-state index in [9.17, 15) is 0 Å². The maximum absolute atomic E-state index is 5.74. The van der Waals surface area contributed by atoms with Gasteiger partial charge in [-0.2, -0.15) is 0 Å². The van der Waals surface area contributed by atoms with Crippen LogP contribution >= 0.6 is 0 Å². The van der Waals surface area contributed by atoms with Crippen molar-refractivity contribution in [3.63, 3.8) is 0 Å². The quantitative estimate of drug-likeness (QED) is 0.716. The van der Waals surface area contributed by atoms with Crippen LogP contribution in [0.25, 0.3) is 0 Å². The van der Waals surface area contributed by atoms with Crippen LogP contribution in [-0.4, -0.2) is 37.2 Å². The minimum atomic E-state index is 0.0277.